The lowest BCUT2D eigenvalue weighted by molar-refractivity contribution is -0.150. The van der Waals surface area contributed by atoms with Gasteiger partial charge in [0.2, 0.25) is 0 Å². The fourth-order valence-electron chi connectivity index (χ4n) is 2.26. The van der Waals surface area contributed by atoms with Crippen molar-refractivity contribution in [3.05, 3.63) is 34.2 Å². The molecule has 0 bridgehead atoms. The zero-order valence-electron chi connectivity index (χ0n) is 14.0. The Balaban J connectivity index is 2.26. The number of hydrogen-bond donors (Lipinski definition) is 0. The molecule has 1 atom stereocenters. The molecule has 0 unspecified atom stereocenters. The standard InChI is InChI=1S/C17H19NO5S/c1-5-23-16(20)11(3)18-15(19)14(24-17(18)21)9-12-6-7-13(22-4)8-10(12)2/h6-9,11H,5H2,1-4H3/b14-9+/t11-/m1/s1. The molecule has 1 aliphatic rings. The van der Waals surface area contributed by atoms with Gasteiger partial charge in [-0.15, -0.1) is 0 Å². The Hall–Kier alpha value is -2.28. The molecule has 0 aromatic heterocycles. The van der Waals surface area contributed by atoms with Gasteiger partial charge in [-0.25, -0.2) is 4.79 Å². The first kappa shape index (κ1) is 18.1. The Kier molecular flexibility index (Phi) is 5.66. The number of hydrogen-bond acceptors (Lipinski definition) is 6. The number of aryl methyl sites for hydroxylation is 1. The van der Waals surface area contributed by atoms with Crippen LogP contribution in [0.3, 0.4) is 0 Å². The molecular weight excluding hydrogens is 330 g/mol. The molecule has 0 saturated carbocycles. The number of thioether (sulfide) groups is 1. The molecule has 1 saturated heterocycles. The molecule has 6 nitrogen and oxygen atoms in total. The Labute approximate surface area is 144 Å². The largest absolute Gasteiger partial charge is 0.497 e. The van der Waals surface area contributed by atoms with Crippen LogP contribution in [0.5, 0.6) is 5.75 Å². The second kappa shape index (κ2) is 7.53. The summed E-state index contributed by atoms with van der Waals surface area (Å²) in [5.74, 6) is -0.365. The van der Waals surface area contributed by atoms with Gasteiger partial charge in [0.1, 0.15) is 11.8 Å². The lowest BCUT2D eigenvalue weighted by Crippen LogP contribution is -2.42. The highest BCUT2D eigenvalue weighted by atomic mass is 32.2. The van der Waals surface area contributed by atoms with Gasteiger partial charge in [0.05, 0.1) is 18.6 Å². The second-order valence-corrected chi connectivity index (χ2v) is 6.20. The highest BCUT2D eigenvalue weighted by molar-refractivity contribution is 8.18. The number of esters is 1. The number of amides is 2. The van der Waals surface area contributed by atoms with Gasteiger partial charge in [-0.1, -0.05) is 6.07 Å². The van der Waals surface area contributed by atoms with E-state index in [0.29, 0.717) is 5.75 Å². The average molecular weight is 349 g/mol. The molecule has 7 heteroatoms. The van der Waals surface area contributed by atoms with Crippen molar-refractivity contribution in [1.82, 2.24) is 4.90 Å². The van der Waals surface area contributed by atoms with Crippen molar-refractivity contribution >= 4 is 35.0 Å². The number of ether oxygens (including phenoxy) is 2. The highest BCUT2D eigenvalue weighted by Crippen LogP contribution is 2.34. The molecule has 1 heterocycles. The maximum atomic E-state index is 12.5. The SMILES string of the molecule is CCOC(=O)[C@@H](C)N1C(=O)S/C(=C/c2ccc(OC)cc2C)C1=O. The predicted octanol–water partition coefficient (Wildman–Crippen LogP) is 2.99. The highest BCUT2D eigenvalue weighted by Gasteiger charge is 2.41. The van der Waals surface area contributed by atoms with E-state index in [4.69, 9.17) is 9.47 Å². The van der Waals surface area contributed by atoms with Crippen molar-refractivity contribution in [1.29, 1.82) is 0 Å². The normalized spacial score (nSPS) is 17.3. The molecule has 1 aliphatic heterocycles. The maximum Gasteiger partial charge on any atom is 0.329 e. The third-order valence-electron chi connectivity index (χ3n) is 3.60. The van der Waals surface area contributed by atoms with Crippen molar-refractivity contribution < 1.29 is 23.9 Å². The zero-order valence-corrected chi connectivity index (χ0v) is 14.8. The quantitative estimate of drug-likeness (QED) is 0.601. The average Bonchev–Trinajstić information content (AvgIpc) is 2.82. The monoisotopic (exact) mass is 349 g/mol. The van der Waals surface area contributed by atoms with E-state index in [0.717, 1.165) is 27.8 Å². The number of nitrogens with zero attached hydrogens (tertiary/aromatic N) is 1. The summed E-state index contributed by atoms with van der Waals surface area (Å²) in [6.45, 7) is 5.24. The van der Waals surface area contributed by atoms with Gasteiger partial charge < -0.3 is 9.47 Å². The summed E-state index contributed by atoms with van der Waals surface area (Å²) in [5, 5.41) is -0.474. The van der Waals surface area contributed by atoms with Gasteiger partial charge in [0.15, 0.2) is 0 Å². The van der Waals surface area contributed by atoms with Crippen LogP contribution >= 0.6 is 11.8 Å². The molecule has 0 N–H and O–H groups in total. The number of benzene rings is 1. The number of carbonyl (C=O) groups excluding carboxylic acids is 3. The van der Waals surface area contributed by atoms with Crippen LogP contribution in [0.4, 0.5) is 4.79 Å². The number of methoxy groups -OCH3 is 1. The molecule has 0 radical (unpaired) electrons. The summed E-state index contributed by atoms with van der Waals surface area (Å²) in [5.41, 5.74) is 1.73. The summed E-state index contributed by atoms with van der Waals surface area (Å²) in [4.78, 5) is 37.6. The topological polar surface area (TPSA) is 72.9 Å². The first-order valence-electron chi connectivity index (χ1n) is 7.47. The Morgan fingerprint density at radius 2 is 2.08 bits per heavy atom. The van der Waals surface area contributed by atoms with Crippen molar-refractivity contribution in [2.24, 2.45) is 0 Å². The fourth-order valence-corrected chi connectivity index (χ4v) is 3.16. The second-order valence-electron chi connectivity index (χ2n) is 5.20. The minimum Gasteiger partial charge on any atom is -0.497 e. The van der Waals surface area contributed by atoms with Gasteiger partial charge in [-0.3, -0.25) is 14.5 Å². The summed E-state index contributed by atoms with van der Waals surface area (Å²) >= 11 is 0.819. The summed E-state index contributed by atoms with van der Waals surface area (Å²) < 4.78 is 10.0. The van der Waals surface area contributed by atoms with Gasteiger partial charge in [-0.05, 0) is 61.9 Å². The van der Waals surface area contributed by atoms with Gasteiger partial charge in [-0.2, -0.15) is 0 Å². The van der Waals surface area contributed by atoms with Crippen LogP contribution in [0, 0.1) is 6.92 Å². The Morgan fingerprint density at radius 1 is 1.38 bits per heavy atom. The minimum absolute atomic E-state index is 0.195. The number of carbonyl (C=O) groups is 3. The first-order valence-corrected chi connectivity index (χ1v) is 8.29. The van der Waals surface area contributed by atoms with Crippen LogP contribution < -0.4 is 4.74 Å². The zero-order chi connectivity index (χ0) is 17.9. The molecule has 24 heavy (non-hydrogen) atoms. The van der Waals surface area contributed by atoms with E-state index < -0.39 is 23.2 Å². The molecule has 2 rings (SSSR count). The van der Waals surface area contributed by atoms with Crippen molar-refractivity contribution in [2.75, 3.05) is 13.7 Å². The molecule has 2 amide bonds. The summed E-state index contributed by atoms with van der Waals surface area (Å²) in [7, 11) is 1.58. The van der Waals surface area contributed by atoms with Crippen LogP contribution in [0.2, 0.25) is 0 Å². The third kappa shape index (κ3) is 3.62. The first-order chi connectivity index (χ1) is 11.4. The smallest absolute Gasteiger partial charge is 0.329 e. The van der Waals surface area contributed by atoms with Crippen LogP contribution in [-0.4, -0.2) is 41.8 Å². The minimum atomic E-state index is -0.944. The van der Waals surface area contributed by atoms with Crippen LogP contribution in [-0.2, 0) is 14.3 Å². The lowest BCUT2D eigenvalue weighted by Gasteiger charge is -2.19. The fraction of sp³-hybridized carbons (Fsp3) is 0.353. The van der Waals surface area contributed by atoms with Crippen molar-refractivity contribution in [3.8, 4) is 5.75 Å². The molecule has 0 aliphatic carbocycles. The van der Waals surface area contributed by atoms with E-state index in [1.54, 1.807) is 26.2 Å². The van der Waals surface area contributed by atoms with E-state index >= 15 is 0 Å². The Morgan fingerprint density at radius 3 is 2.67 bits per heavy atom. The summed E-state index contributed by atoms with van der Waals surface area (Å²) in [6, 6.07) is 4.50. The molecule has 1 aromatic rings. The molecule has 0 spiro atoms. The molecule has 1 fully saturated rings. The van der Waals surface area contributed by atoms with E-state index in [1.165, 1.54) is 6.92 Å². The molecular formula is C17H19NO5S. The van der Waals surface area contributed by atoms with Gasteiger partial charge >= 0.3 is 5.97 Å². The number of rotatable bonds is 5. The van der Waals surface area contributed by atoms with Crippen LogP contribution in [0.15, 0.2) is 23.1 Å². The Bertz CT molecular complexity index is 713. The van der Waals surface area contributed by atoms with E-state index in [9.17, 15) is 14.4 Å². The van der Waals surface area contributed by atoms with E-state index in [-0.39, 0.29) is 11.5 Å². The van der Waals surface area contributed by atoms with Crippen LogP contribution in [0.1, 0.15) is 25.0 Å². The maximum absolute atomic E-state index is 12.5. The van der Waals surface area contributed by atoms with Gasteiger partial charge in [0.25, 0.3) is 11.1 Å². The molecule has 128 valence electrons. The van der Waals surface area contributed by atoms with Gasteiger partial charge in [0, 0.05) is 0 Å². The van der Waals surface area contributed by atoms with Crippen molar-refractivity contribution in [2.45, 2.75) is 26.8 Å². The lowest BCUT2D eigenvalue weighted by atomic mass is 10.1. The van der Waals surface area contributed by atoms with Crippen LogP contribution in [0.25, 0.3) is 6.08 Å². The third-order valence-corrected chi connectivity index (χ3v) is 4.49. The van der Waals surface area contributed by atoms with E-state index in [1.807, 2.05) is 19.1 Å². The van der Waals surface area contributed by atoms with Crippen molar-refractivity contribution in [3.63, 3.8) is 0 Å². The molecule has 1 aromatic carbocycles. The summed E-state index contributed by atoms with van der Waals surface area (Å²) in [6.07, 6.45) is 1.65. The van der Waals surface area contributed by atoms with E-state index in [2.05, 4.69) is 0 Å². The number of imide groups is 1. The predicted molar refractivity (Wildman–Crippen MR) is 91.6 cm³/mol.